The minimum absolute atomic E-state index is 0.196. The Kier molecular flexibility index (Phi) is 6.29. The lowest BCUT2D eigenvalue weighted by atomic mass is 10.0. The second-order valence-electron chi connectivity index (χ2n) is 7.97. The Bertz CT molecular complexity index is 1110. The van der Waals surface area contributed by atoms with Crippen molar-refractivity contribution in [2.45, 2.75) is 56.2 Å². The van der Waals surface area contributed by atoms with E-state index < -0.39 is 33.4 Å². The first-order valence-electron chi connectivity index (χ1n) is 9.94. The van der Waals surface area contributed by atoms with Gasteiger partial charge in [-0.25, -0.2) is 8.42 Å². The molecule has 1 amide bonds. The van der Waals surface area contributed by atoms with Gasteiger partial charge in [-0.2, -0.15) is 18.2 Å². The molecule has 3 rings (SSSR count). The molecule has 2 aromatic rings. The molecule has 1 heterocycles. The van der Waals surface area contributed by atoms with E-state index >= 15 is 0 Å². The van der Waals surface area contributed by atoms with Gasteiger partial charge in [0.05, 0.1) is 15.9 Å². The van der Waals surface area contributed by atoms with Crippen molar-refractivity contribution in [3.63, 3.8) is 0 Å². The first-order chi connectivity index (χ1) is 14.8. The van der Waals surface area contributed by atoms with Crippen molar-refractivity contribution in [3.05, 3.63) is 35.5 Å². The van der Waals surface area contributed by atoms with Crippen LogP contribution in [0.3, 0.4) is 0 Å². The molecule has 8 nitrogen and oxygen atoms in total. The summed E-state index contributed by atoms with van der Waals surface area (Å²) in [6.45, 7) is 4.62. The van der Waals surface area contributed by atoms with Gasteiger partial charge in [-0.15, -0.1) is 0 Å². The number of carbonyl (C=O) groups is 1. The van der Waals surface area contributed by atoms with Crippen molar-refractivity contribution in [1.29, 1.82) is 0 Å². The van der Waals surface area contributed by atoms with Crippen molar-refractivity contribution in [3.8, 4) is 5.75 Å². The molecular weight excluding hydrogens is 451 g/mol. The lowest BCUT2D eigenvalue weighted by Gasteiger charge is -2.27. The van der Waals surface area contributed by atoms with Crippen molar-refractivity contribution in [2.75, 3.05) is 19.3 Å². The summed E-state index contributed by atoms with van der Waals surface area (Å²) in [6, 6.07) is 3.25. The number of likely N-dealkylation sites (N-methyl/N-ethyl adjacent to an activating group) is 1. The minimum Gasteiger partial charge on any atom is -0.480 e. The summed E-state index contributed by atoms with van der Waals surface area (Å²) >= 11 is 0. The van der Waals surface area contributed by atoms with E-state index in [-0.39, 0.29) is 29.3 Å². The van der Waals surface area contributed by atoms with E-state index in [4.69, 9.17) is 9.26 Å². The van der Waals surface area contributed by atoms with Crippen molar-refractivity contribution >= 4 is 15.7 Å². The van der Waals surface area contributed by atoms with Crippen molar-refractivity contribution in [1.82, 2.24) is 15.0 Å². The number of ether oxygens (including phenoxy) is 1. The van der Waals surface area contributed by atoms with Crippen LogP contribution < -0.4 is 4.74 Å². The summed E-state index contributed by atoms with van der Waals surface area (Å²) in [5.41, 5.74) is -0.760. The van der Waals surface area contributed by atoms with Crippen molar-refractivity contribution < 1.29 is 35.6 Å². The molecule has 1 aliphatic carbocycles. The molecule has 1 aromatic heterocycles. The second kappa shape index (κ2) is 8.38. The monoisotopic (exact) mass is 475 g/mol. The van der Waals surface area contributed by atoms with Gasteiger partial charge >= 0.3 is 6.18 Å². The number of amides is 1. The number of alkyl halides is 3. The fourth-order valence-electron chi connectivity index (χ4n) is 3.25. The highest BCUT2D eigenvalue weighted by Gasteiger charge is 2.50. The minimum atomic E-state index is -4.66. The summed E-state index contributed by atoms with van der Waals surface area (Å²) in [7, 11) is -3.71. The first kappa shape index (κ1) is 24.0. The summed E-state index contributed by atoms with van der Waals surface area (Å²) in [6.07, 6.45) is -4.47. The molecule has 32 heavy (non-hydrogen) atoms. The summed E-state index contributed by atoms with van der Waals surface area (Å²) < 4.78 is 73.2. The van der Waals surface area contributed by atoms with Crippen LogP contribution in [-0.4, -0.2) is 61.0 Å². The van der Waals surface area contributed by atoms with Gasteiger partial charge in [0.1, 0.15) is 5.75 Å². The van der Waals surface area contributed by atoms with Gasteiger partial charge in [0.25, 0.3) is 5.91 Å². The number of carbonyl (C=O) groups excluding carboxylic acids is 1. The van der Waals surface area contributed by atoms with Crippen LogP contribution in [0.15, 0.2) is 27.6 Å². The number of aryl methyl sites for hydroxylation is 1. The molecule has 0 spiro atoms. The molecule has 0 radical (unpaired) electrons. The largest absolute Gasteiger partial charge is 0.480 e. The lowest BCUT2D eigenvalue weighted by Crippen LogP contribution is -2.38. The molecule has 1 fully saturated rings. The Morgan fingerprint density at radius 2 is 2.00 bits per heavy atom. The highest BCUT2D eigenvalue weighted by molar-refractivity contribution is 7.90. The Labute approximate surface area is 183 Å². The molecule has 0 bridgehead atoms. The van der Waals surface area contributed by atoms with E-state index in [2.05, 4.69) is 10.1 Å². The zero-order valence-corrected chi connectivity index (χ0v) is 18.9. The molecule has 0 saturated heterocycles. The maximum atomic E-state index is 13.4. The fourth-order valence-corrected chi connectivity index (χ4v) is 3.89. The van der Waals surface area contributed by atoms with E-state index in [1.165, 1.54) is 4.90 Å². The van der Waals surface area contributed by atoms with E-state index in [1.54, 1.807) is 13.8 Å². The SMILES string of the molecule is CCN(CC1(c2noc(C)n2)CC1)C(=O)c1cc(S(C)(=O)=O)ccc1OC(C)C(F)(F)F. The number of hydrogen-bond donors (Lipinski definition) is 0. The number of nitrogens with zero attached hydrogens (tertiary/aromatic N) is 3. The van der Waals surface area contributed by atoms with E-state index in [0.717, 1.165) is 31.4 Å². The maximum Gasteiger partial charge on any atom is 0.425 e. The van der Waals surface area contributed by atoms with Gasteiger partial charge in [-0.3, -0.25) is 4.79 Å². The number of benzene rings is 1. The average Bonchev–Trinajstić information content (AvgIpc) is 3.35. The summed E-state index contributed by atoms with van der Waals surface area (Å²) in [5.74, 6) is -0.133. The Balaban J connectivity index is 1.96. The van der Waals surface area contributed by atoms with Crippen LogP contribution >= 0.6 is 0 Å². The van der Waals surface area contributed by atoms with Gasteiger partial charge < -0.3 is 14.2 Å². The second-order valence-corrected chi connectivity index (χ2v) is 9.98. The normalized spacial score (nSPS) is 16.5. The third-order valence-electron chi connectivity index (χ3n) is 5.39. The molecule has 0 aliphatic heterocycles. The standard InChI is InChI=1S/C20H24F3N3O5S/c1-5-26(11-19(8-9-19)18-24-13(3)31-25-18)17(27)15-10-14(32(4,28)29)6-7-16(15)30-12(2)20(21,22)23/h6-7,10,12H,5,8-9,11H2,1-4H3. The fraction of sp³-hybridized carbons (Fsp3) is 0.550. The molecule has 1 aromatic carbocycles. The quantitative estimate of drug-likeness (QED) is 0.577. The van der Waals surface area contributed by atoms with Gasteiger partial charge in [-0.1, -0.05) is 5.16 Å². The van der Waals surface area contributed by atoms with Gasteiger partial charge in [0.15, 0.2) is 21.8 Å². The lowest BCUT2D eigenvalue weighted by molar-refractivity contribution is -0.189. The third-order valence-corrected chi connectivity index (χ3v) is 6.50. The third kappa shape index (κ3) is 5.05. The molecule has 12 heteroatoms. The Morgan fingerprint density at radius 1 is 1.34 bits per heavy atom. The molecule has 1 aliphatic rings. The van der Waals surface area contributed by atoms with E-state index in [1.807, 2.05) is 0 Å². The smallest absolute Gasteiger partial charge is 0.425 e. The van der Waals surface area contributed by atoms with Crippen molar-refractivity contribution in [2.24, 2.45) is 0 Å². The maximum absolute atomic E-state index is 13.4. The number of sulfone groups is 1. The van der Waals surface area contributed by atoms with Gasteiger partial charge in [0.2, 0.25) is 5.89 Å². The van der Waals surface area contributed by atoms with Crippen LogP contribution in [-0.2, 0) is 15.3 Å². The molecule has 176 valence electrons. The topological polar surface area (TPSA) is 103 Å². The molecule has 1 saturated carbocycles. The first-order valence-corrected chi connectivity index (χ1v) is 11.8. The number of hydrogen-bond acceptors (Lipinski definition) is 7. The Hall–Kier alpha value is -2.63. The molecular formula is C20H24F3N3O5S. The predicted octanol–water partition coefficient (Wildman–Crippen LogP) is 3.31. The summed E-state index contributed by atoms with van der Waals surface area (Å²) in [4.78, 5) is 18.8. The van der Waals surface area contributed by atoms with Gasteiger partial charge in [-0.05, 0) is 44.9 Å². The van der Waals surface area contributed by atoms with Crippen LogP contribution in [0.2, 0.25) is 0 Å². The van der Waals surface area contributed by atoms with Crippen LogP contribution in [0.25, 0.3) is 0 Å². The highest BCUT2D eigenvalue weighted by atomic mass is 32.2. The number of aromatic nitrogens is 2. The van der Waals surface area contributed by atoms with Crippen LogP contribution in [0.4, 0.5) is 13.2 Å². The zero-order chi connectivity index (χ0) is 23.9. The number of halogens is 3. The summed E-state index contributed by atoms with van der Waals surface area (Å²) in [5, 5.41) is 3.95. The van der Waals surface area contributed by atoms with Gasteiger partial charge in [0, 0.05) is 26.3 Å². The van der Waals surface area contributed by atoms with Crippen LogP contribution in [0.1, 0.15) is 48.8 Å². The van der Waals surface area contributed by atoms with Crippen LogP contribution in [0.5, 0.6) is 5.75 Å². The predicted molar refractivity (Wildman–Crippen MR) is 107 cm³/mol. The van der Waals surface area contributed by atoms with E-state index in [9.17, 15) is 26.4 Å². The Morgan fingerprint density at radius 3 is 2.47 bits per heavy atom. The number of rotatable bonds is 8. The van der Waals surface area contributed by atoms with Crippen LogP contribution in [0, 0.1) is 6.92 Å². The molecule has 1 unspecified atom stereocenters. The average molecular weight is 475 g/mol. The molecule has 1 atom stereocenters. The zero-order valence-electron chi connectivity index (χ0n) is 18.1. The van der Waals surface area contributed by atoms with E-state index in [0.29, 0.717) is 24.6 Å². The molecule has 0 N–H and O–H groups in total. The highest BCUT2D eigenvalue weighted by Crippen LogP contribution is 2.47.